The number of hydrogen-bond donors (Lipinski definition) is 2. The first kappa shape index (κ1) is 17.5. The number of hydrogen-bond acceptors (Lipinski definition) is 3. The smallest absolute Gasteiger partial charge is 0.255 e. The number of anilines is 2. The zero-order valence-corrected chi connectivity index (χ0v) is 14.1. The van der Waals surface area contributed by atoms with E-state index < -0.39 is 17.5 Å². The average molecular weight is 353 g/mol. The Balaban J connectivity index is 1.66. The van der Waals surface area contributed by atoms with Gasteiger partial charge in [0.05, 0.1) is 0 Å². The fraction of sp³-hybridized carbons (Fsp3) is 0.100. The third kappa shape index (κ3) is 4.42. The van der Waals surface area contributed by atoms with Crippen molar-refractivity contribution in [3.63, 3.8) is 0 Å². The predicted octanol–water partition coefficient (Wildman–Crippen LogP) is 4.53. The number of nitrogens with one attached hydrogen (secondary N) is 2. The van der Waals surface area contributed by atoms with Crippen LogP contribution < -0.4 is 10.6 Å². The molecular weight excluding hydrogens is 336 g/mol. The molecule has 1 amide bonds. The predicted molar refractivity (Wildman–Crippen MR) is 97.1 cm³/mol. The Kier molecular flexibility index (Phi) is 5.22. The van der Waals surface area contributed by atoms with Gasteiger partial charge in [0.1, 0.15) is 5.82 Å². The van der Waals surface area contributed by atoms with Gasteiger partial charge in [0.15, 0.2) is 11.6 Å². The van der Waals surface area contributed by atoms with Gasteiger partial charge in [0.2, 0.25) is 0 Å². The molecule has 0 aliphatic rings. The maximum Gasteiger partial charge on any atom is 0.255 e. The molecule has 4 nitrogen and oxygen atoms in total. The number of aromatic nitrogens is 1. The fourth-order valence-electron chi connectivity index (χ4n) is 2.34. The summed E-state index contributed by atoms with van der Waals surface area (Å²) in [5.41, 5.74) is 2.81. The largest absolute Gasteiger partial charge is 0.366 e. The molecule has 3 aromatic rings. The van der Waals surface area contributed by atoms with Crippen LogP contribution >= 0.6 is 0 Å². The van der Waals surface area contributed by atoms with Crippen molar-refractivity contribution in [1.29, 1.82) is 0 Å². The highest BCUT2D eigenvalue weighted by Gasteiger charge is 2.09. The number of halogens is 2. The van der Waals surface area contributed by atoms with Gasteiger partial charge in [0, 0.05) is 30.1 Å². The highest BCUT2D eigenvalue weighted by molar-refractivity contribution is 6.04. The Morgan fingerprint density at radius 2 is 1.77 bits per heavy atom. The van der Waals surface area contributed by atoms with Crippen molar-refractivity contribution in [2.75, 3.05) is 10.6 Å². The van der Waals surface area contributed by atoms with Crippen LogP contribution in [0.5, 0.6) is 0 Å². The normalized spacial score (nSPS) is 10.4. The van der Waals surface area contributed by atoms with Gasteiger partial charge >= 0.3 is 0 Å². The van der Waals surface area contributed by atoms with Crippen molar-refractivity contribution in [1.82, 2.24) is 4.98 Å². The Bertz CT molecular complexity index is 927. The van der Waals surface area contributed by atoms with Crippen molar-refractivity contribution >= 4 is 17.4 Å². The van der Waals surface area contributed by atoms with Crippen LogP contribution in [0.3, 0.4) is 0 Å². The molecule has 2 aromatic carbocycles. The molecule has 0 aliphatic carbocycles. The third-order valence-electron chi connectivity index (χ3n) is 3.79. The van der Waals surface area contributed by atoms with Crippen LogP contribution in [0.2, 0.25) is 0 Å². The minimum absolute atomic E-state index is 0.180. The lowest BCUT2D eigenvalue weighted by Crippen LogP contribution is -2.13. The van der Waals surface area contributed by atoms with Crippen LogP contribution in [0.1, 0.15) is 21.5 Å². The summed E-state index contributed by atoms with van der Waals surface area (Å²) >= 11 is 0. The molecule has 26 heavy (non-hydrogen) atoms. The molecule has 2 N–H and O–H groups in total. The van der Waals surface area contributed by atoms with Gasteiger partial charge in [-0.05, 0) is 36.8 Å². The standard InChI is InChI=1S/C20H17F2N3O/c1-13-2-4-14(5-3-13)12-24-19-10-15(8-9-23-19)20(26)25-16-6-7-17(21)18(22)11-16/h2-11H,12H2,1H3,(H,23,24)(H,25,26). The van der Waals surface area contributed by atoms with E-state index in [4.69, 9.17) is 0 Å². The molecular formula is C20H17F2N3O. The summed E-state index contributed by atoms with van der Waals surface area (Å²) in [7, 11) is 0. The number of rotatable bonds is 5. The first-order chi connectivity index (χ1) is 12.5. The SMILES string of the molecule is Cc1ccc(CNc2cc(C(=O)Nc3ccc(F)c(F)c3)ccn2)cc1. The maximum absolute atomic E-state index is 13.2. The lowest BCUT2D eigenvalue weighted by atomic mass is 10.1. The molecule has 0 aliphatic heterocycles. The van der Waals surface area contributed by atoms with E-state index in [1.807, 2.05) is 31.2 Å². The molecule has 0 unspecified atom stereocenters. The minimum atomic E-state index is -1.02. The summed E-state index contributed by atoms with van der Waals surface area (Å²) in [6.07, 6.45) is 1.51. The molecule has 3 rings (SSSR count). The van der Waals surface area contributed by atoms with Gasteiger partial charge < -0.3 is 10.6 Å². The molecule has 132 valence electrons. The van der Waals surface area contributed by atoms with Crippen LogP contribution in [-0.4, -0.2) is 10.9 Å². The Hall–Kier alpha value is -3.28. The number of nitrogens with zero attached hydrogens (tertiary/aromatic N) is 1. The lowest BCUT2D eigenvalue weighted by Gasteiger charge is -2.09. The van der Waals surface area contributed by atoms with Gasteiger partial charge in [-0.2, -0.15) is 0 Å². The van der Waals surface area contributed by atoms with E-state index in [0.29, 0.717) is 17.9 Å². The lowest BCUT2D eigenvalue weighted by molar-refractivity contribution is 0.102. The number of benzene rings is 2. The fourth-order valence-corrected chi connectivity index (χ4v) is 2.34. The first-order valence-electron chi connectivity index (χ1n) is 8.03. The minimum Gasteiger partial charge on any atom is -0.366 e. The van der Waals surface area contributed by atoms with E-state index in [1.54, 1.807) is 12.1 Å². The molecule has 1 aromatic heterocycles. The summed E-state index contributed by atoms with van der Waals surface area (Å²) in [6, 6.07) is 14.4. The van der Waals surface area contributed by atoms with Gasteiger partial charge in [0.25, 0.3) is 5.91 Å². The second kappa shape index (κ2) is 7.74. The van der Waals surface area contributed by atoms with Crippen molar-refractivity contribution in [3.05, 3.63) is 89.1 Å². The third-order valence-corrected chi connectivity index (χ3v) is 3.79. The van der Waals surface area contributed by atoms with Crippen molar-refractivity contribution in [2.45, 2.75) is 13.5 Å². The second-order valence-corrected chi connectivity index (χ2v) is 5.85. The van der Waals surface area contributed by atoms with Crippen LogP contribution in [-0.2, 0) is 6.54 Å². The van der Waals surface area contributed by atoms with Crippen LogP contribution in [0.15, 0.2) is 60.8 Å². The highest BCUT2D eigenvalue weighted by Crippen LogP contribution is 2.15. The summed E-state index contributed by atoms with van der Waals surface area (Å²) in [4.78, 5) is 16.5. The molecule has 6 heteroatoms. The number of carbonyl (C=O) groups excluding carboxylic acids is 1. The van der Waals surface area contributed by atoms with Crippen LogP contribution in [0.25, 0.3) is 0 Å². The van der Waals surface area contributed by atoms with Crippen LogP contribution in [0, 0.1) is 18.6 Å². The summed E-state index contributed by atoms with van der Waals surface area (Å²) in [5.74, 6) is -1.87. The monoisotopic (exact) mass is 353 g/mol. The second-order valence-electron chi connectivity index (χ2n) is 5.85. The van der Waals surface area contributed by atoms with Crippen molar-refractivity contribution < 1.29 is 13.6 Å². The first-order valence-corrected chi connectivity index (χ1v) is 8.03. The Morgan fingerprint density at radius 1 is 1.00 bits per heavy atom. The van der Waals surface area contributed by atoms with Gasteiger partial charge in [-0.3, -0.25) is 4.79 Å². The molecule has 0 spiro atoms. The Morgan fingerprint density at radius 3 is 2.50 bits per heavy atom. The van der Waals surface area contributed by atoms with Crippen molar-refractivity contribution in [3.8, 4) is 0 Å². The van der Waals surface area contributed by atoms with E-state index in [0.717, 1.165) is 17.7 Å². The molecule has 0 saturated carbocycles. The number of carbonyl (C=O) groups is 1. The maximum atomic E-state index is 13.2. The summed E-state index contributed by atoms with van der Waals surface area (Å²) < 4.78 is 26.2. The molecule has 1 heterocycles. The zero-order valence-electron chi connectivity index (χ0n) is 14.1. The van der Waals surface area contributed by atoms with E-state index >= 15 is 0 Å². The van der Waals surface area contributed by atoms with Crippen LogP contribution in [0.4, 0.5) is 20.3 Å². The molecule has 0 bridgehead atoms. The molecule has 0 saturated heterocycles. The summed E-state index contributed by atoms with van der Waals surface area (Å²) in [5, 5.41) is 5.69. The average Bonchev–Trinajstić information content (AvgIpc) is 2.64. The summed E-state index contributed by atoms with van der Waals surface area (Å²) in [6.45, 7) is 2.59. The van der Waals surface area contributed by atoms with Gasteiger partial charge in [-0.15, -0.1) is 0 Å². The van der Waals surface area contributed by atoms with Gasteiger partial charge in [-0.1, -0.05) is 29.8 Å². The topological polar surface area (TPSA) is 54.0 Å². The number of pyridine rings is 1. The van der Waals surface area contributed by atoms with E-state index in [-0.39, 0.29) is 5.69 Å². The van der Waals surface area contributed by atoms with Crippen molar-refractivity contribution in [2.24, 2.45) is 0 Å². The van der Waals surface area contributed by atoms with Gasteiger partial charge in [-0.25, -0.2) is 13.8 Å². The number of amides is 1. The zero-order chi connectivity index (χ0) is 18.5. The Labute approximate surface area is 149 Å². The molecule has 0 atom stereocenters. The quantitative estimate of drug-likeness (QED) is 0.708. The molecule has 0 fully saturated rings. The highest BCUT2D eigenvalue weighted by atomic mass is 19.2. The van der Waals surface area contributed by atoms with E-state index in [2.05, 4.69) is 15.6 Å². The molecule has 0 radical (unpaired) electrons. The van der Waals surface area contributed by atoms with E-state index in [9.17, 15) is 13.6 Å². The van der Waals surface area contributed by atoms with E-state index in [1.165, 1.54) is 17.8 Å². The number of aryl methyl sites for hydroxylation is 1.